The molecule has 1 aromatic rings. The first kappa shape index (κ1) is 7.27. The van der Waals surface area contributed by atoms with Crippen LogP contribution in [0.5, 0.6) is 0 Å². The number of hydrogen-bond acceptors (Lipinski definition) is 3. The summed E-state index contributed by atoms with van der Waals surface area (Å²) in [5.41, 5.74) is -0.431. The van der Waals surface area contributed by atoms with Gasteiger partial charge in [-0.05, 0) is 11.5 Å². The fraction of sp³-hybridized carbons (Fsp3) is 0.200. The van der Waals surface area contributed by atoms with Crippen molar-refractivity contribution in [1.29, 1.82) is 0 Å². The number of nitrogens with zero attached hydrogens (tertiary/aromatic N) is 1. The summed E-state index contributed by atoms with van der Waals surface area (Å²) in [7, 11) is 0. The molecule has 0 bridgehead atoms. The van der Waals surface area contributed by atoms with Crippen LogP contribution in [0.3, 0.4) is 0 Å². The number of hydrogen-bond donors (Lipinski definition) is 0. The van der Waals surface area contributed by atoms with Gasteiger partial charge in [-0.15, -0.1) is 0 Å². The maximum Gasteiger partial charge on any atom is 0.282 e. The van der Waals surface area contributed by atoms with Crippen molar-refractivity contribution in [2.45, 2.75) is 6.43 Å². The van der Waals surface area contributed by atoms with Gasteiger partial charge < -0.3 is 0 Å². The van der Waals surface area contributed by atoms with Crippen molar-refractivity contribution < 1.29 is 13.6 Å². The molecule has 10 heavy (non-hydrogen) atoms. The molecule has 0 radical (unpaired) electrons. The number of halogens is 2. The third-order valence-corrected chi connectivity index (χ3v) is 1.62. The van der Waals surface area contributed by atoms with Crippen molar-refractivity contribution in [2.24, 2.45) is 0 Å². The summed E-state index contributed by atoms with van der Waals surface area (Å²) in [5, 5.41) is 1.30. The zero-order valence-corrected chi connectivity index (χ0v) is 5.57. The predicted molar refractivity (Wildman–Crippen MR) is 32.5 cm³/mol. The zero-order chi connectivity index (χ0) is 7.56. The second kappa shape index (κ2) is 2.83. The van der Waals surface area contributed by atoms with Crippen molar-refractivity contribution in [3.05, 3.63) is 16.6 Å². The molecule has 0 saturated heterocycles. The average Bonchev–Trinajstić information content (AvgIpc) is 2.33. The van der Waals surface area contributed by atoms with Gasteiger partial charge in [0, 0.05) is 5.38 Å². The van der Waals surface area contributed by atoms with Crippen LogP contribution in [-0.4, -0.2) is 10.7 Å². The summed E-state index contributed by atoms with van der Waals surface area (Å²) in [6.45, 7) is 0. The first-order valence-electron chi connectivity index (χ1n) is 2.43. The minimum absolute atomic E-state index is 0.0139. The van der Waals surface area contributed by atoms with E-state index < -0.39 is 12.1 Å². The maximum absolute atomic E-state index is 11.8. The summed E-state index contributed by atoms with van der Waals surface area (Å²) >= 11 is 0.858. The van der Waals surface area contributed by atoms with Crippen molar-refractivity contribution >= 4 is 17.8 Å². The van der Waals surface area contributed by atoms with Crippen molar-refractivity contribution in [3.8, 4) is 0 Å². The molecule has 0 aliphatic heterocycles. The van der Waals surface area contributed by atoms with E-state index in [0.717, 1.165) is 11.5 Å². The van der Waals surface area contributed by atoms with E-state index in [4.69, 9.17) is 0 Å². The fourth-order valence-electron chi connectivity index (χ4n) is 0.507. The first-order valence-corrected chi connectivity index (χ1v) is 3.27. The quantitative estimate of drug-likeness (QED) is 0.623. The van der Waals surface area contributed by atoms with Crippen LogP contribution in [0.2, 0.25) is 0 Å². The van der Waals surface area contributed by atoms with Gasteiger partial charge in [0.2, 0.25) is 0 Å². The lowest BCUT2D eigenvalue weighted by Crippen LogP contribution is -1.88. The number of aromatic nitrogens is 1. The Balaban J connectivity index is 3.01. The monoisotopic (exact) mass is 163 g/mol. The largest absolute Gasteiger partial charge is 0.298 e. The third-order valence-electron chi connectivity index (χ3n) is 0.960. The molecule has 1 aromatic heterocycles. The Morgan fingerprint density at radius 3 is 2.80 bits per heavy atom. The number of aldehydes is 1. The number of rotatable bonds is 2. The highest BCUT2D eigenvalue weighted by Crippen LogP contribution is 2.21. The Morgan fingerprint density at radius 2 is 2.40 bits per heavy atom. The van der Waals surface area contributed by atoms with Crippen LogP contribution in [0.25, 0.3) is 0 Å². The zero-order valence-electron chi connectivity index (χ0n) is 4.75. The Bertz CT molecular complexity index is 235. The Hall–Kier alpha value is -0.840. The van der Waals surface area contributed by atoms with Gasteiger partial charge in [0.25, 0.3) is 6.43 Å². The molecule has 0 atom stereocenters. The molecule has 0 spiro atoms. The average molecular weight is 163 g/mol. The van der Waals surface area contributed by atoms with Gasteiger partial charge in [0.15, 0.2) is 6.29 Å². The lowest BCUT2D eigenvalue weighted by atomic mass is 10.3. The van der Waals surface area contributed by atoms with Gasteiger partial charge in [-0.3, -0.25) is 4.79 Å². The fourth-order valence-corrected chi connectivity index (χ4v) is 1.15. The van der Waals surface area contributed by atoms with Gasteiger partial charge in [-0.2, -0.15) is 4.37 Å². The molecule has 0 aliphatic rings. The SMILES string of the molecule is O=Cc1csnc1C(F)F. The standard InChI is InChI=1S/C5H3F2NOS/c6-5(7)4-3(1-9)2-10-8-4/h1-2,5H. The molecular formula is C5H3F2NOS. The topological polar surface area (TPSA) is 30.0 Å². The van der Waals surface area contributed by atoms with E-state index in [1.54, 1.807) is 0 Å². The molecule has 54 valence electrons. The molecule has 0 aliphatic carbocycles. The lowest BCUT2D eigenvalue weighted by molar-refractivity contribution is 0.110. The molecule has 0 aromatic carbocycles. The molecule has 0 N–H and O–H groups in total. The molecule has 1 rings (SSSR count). The highest BCUT2D eigenvalue weighted by atomic mass is 32.1. The minimum atomic E-state index is -2.65. The molecule has 0 saturated carbocycles. The first-order chi connectivity index (χ1) is 4.75. The van der Waals surface area contributed by atoms with Crippen LogP contribution >= 0.6 is 11.5 Å². The van der Waals surface area contributed by atoms with Crippen LogP contribution in [0.1, 0.15) is 22.5 Å². The molecule has 1 heterocycles. The maximum atomic E-state index is 11.8. The molecule has 0 amide bonds. The van der Waals surface area contributed by atoms with Gasteiger partial charge in [-0.1, -0.05) is 0 Å². The van der Waals surface area contributed by atoms with E-state index in [1.165, 1.54) is 5.38 Å². The van der Waals surface area contributed by atoms with Crippen LogP contribution in [0, 0.1) is 0 Å². The molecule has 0 unspecified atom stereocenters. The van der Waals surface area contributed by atoms with Gasteiger partial charge in [0.05, 0.1) is 5.56 Å². The van der Waals surface area contributed by atoms with Crippen molar-refractivity contribution in [3.63, 3.8) is 0 Å². The normalized spacial score (nSPS) is 10.3. The summed E-state index contributed by atoms with van der Waals surface area (Å²) in [5.74, 6) is 0. The van der Waals surface area contributed by atoms with Crippen molar-refractivity contribution in [1.82, 2.24) is 4.37 Å². The Labute approximate surface area is 59.7 Å². The summed E-state index contributed by atoms with van der Waals surface area (Å²) in [6.07, 6.45) is -2.27. The van der Waals surface area contributed by atoms with E-state index in [1.807, 2.05) is 0 Å². The Kier molecular flexibility index (Phi) is 2.06. The number of carbonyl (C=O) groups excluding carboxylic acids is 1. The molecule has 5 heteroatoms. The second-order valence-corrected chi connectivity index (χ2v) is 2.20. The lowest BCUT2D eigenvalue weighted by Gasteiger charge is -1.90. The van der Waals surface area contributed by atoms with E-state index in [0.29, 0.717) is 6.29 Å². The summed E-state index contributed by atoms with van der Waals surface area (Å²) in [6, 6.07) is 0. The van der Waals surface area contributed by atoms with Crippen LogP contribution in [-0.2, 0) is 0 Å². The summed E-state index contributed by atoms with van der Waals surface area (Å²) in [4.78, 5) is 10.0. The van der Waals surface area contributed by atoms with Gasteiger partial charge in [-0.25, -0.2) is 8.78 Å². The smallest absolute Gasteiger partial charge is 0.282 e. The predicted octanol–water partition coefficient (Wildman–Crippen LogP) is 1.89. The number of carbonyl (C=O) groups is 1. The van der Waals surface area contributed by atoms with E-state index >= 15 is 0 Å². The second-order valence-electron chi connectivity index (χ2n) is 1.57. The van der Waals surface area contributed by atoms with E-state index in [9.17, 15) is 13.6 Å². The van der Waals surface area contributed by atoms with Gasteiger partial charge in [0.1, 0.15) is 5.69 Å². The molecule has 2 nitrogen and oxygen atoms in total. The third kappa shape index (κ3) is 1.18. The highest BCUT2D eigenvalue weighted by molar-refractivity contribution is 7.03. The number of alkyl halides is 2. The molecule has 0 fully saturated rings. The highest BCUT2D eigenvalue weighted by Gasteiger charge is 2.14. The minimum Gasteiger partial charge on any atom is -0.298 e. The van der Waals surface area contributed by atoms with Gasteiger partial charge >= 0.3 is 0 Å². The van der Waals surface area contributed by atoms with Crippen LogP contribution < -0.4 is 0 Å². The van der Waals surface area contributed by atoms with Crippen LogP contribution in [0.4, 0.5) is 8.78 Å². The van der Waals surface area contributed by atoms with E-state index in [-0.39, 0.29) is 5.56 Å². The van der Waals surface area contributed by atoms with Crippen molar-refractivity contribution in [2.75, 3.05) is 0 Å². The Morgan fingerprint density at radius 1 is 1.70 bits per heavy atom. The molecular weight excluding hydrogens is 160 g/mol. The summed E-state index contributed by atoms with van der Waals surface area (Å²) < 4.78 is 27.0. The van der Waals surface area contributed by atoms with Crippen LogP contribution in [0.15, 0.2) is 5.38 Å². The van der Waals surface area contributed by atoms with E-state index in [2.05, 4.69) is 4.37 Å².